The highest BCUT2D eigenvalue weighted by molar-refractivity contribution is 5.66. The summed E-state index contributed by atoms with van der Waals surface area (Å²) in [6.45, 7) is 3.33. The first-order valence-electron chi connectivity index (χ1n) is 3.67. The van der Waals surface area contributed by atoms with Gasteiger partial charge in [-0.25, -0.2) is 0 Å². The molecule has 0 unspecified atom stereocenters. The average Bonchev–Trinajstić information content (AvgIpc) is 1.88. The van der Waals surface area contributed by atoms with Gasteiger partial charge in [0.2, 0.25) is 0 Å². The van der Waals surface area contributed by atoms with Crippen LogP contribution in [0.3, 0.4) is 0 Å². The van der Waals surface area contributed by atoms with Crippen molar-refractivity contribution in [3.63, 3.8) is 0 Å². The monoisotopic (exact) mass is 143 g/mol. The molecule has 10 heavy (non-hydrogen) atoms. The van der Waals surface area contributed by atoms with Gasteiger partial charge in [-0.3, -0.25) is 4.79 Å². The van der Waals surface area contributed by atoms with Crippen LogP contribution in [0.1, 0.15) is 19.8 Å². The van der Waals surface area contributed by atoms with E-state index in [2.05, 4.69) is 5.32 Å². The van der Waals surface area contributed by atoms with Crippen LogP contribution in [-0.4, -0.2) is 25.2 Å². The van der Waals surface area contributed by atoms with E-state index >= 15 is 0 Å². The van der Waals surface area contributed by atoms with Crippen molar-refractivity contribution < 1.29 is 9.53 Å². The minimum absolute atomic E-state index is 0.117. The molecule has 1 atom stereocenters. The van der Waals surface area contributed by atoms with Crippen LogP contribution >= 0.6 is 0 Å². The molecule has 0 aliphatic carbocycles. The molecule has 1 aliphatic heterocycles. The number of nitrogens with one attached hydrogen (secondary N) is 1. The molecule has 1 aliphatic rings. The van der Waals surface area contributed by atoms with Gasteiger partial charge in [-0.05, 0) is 19.4 Å². The molecule has 0 radical (unpaired) electrons. The lowest BCUT2D eigenvalue weighted by Crippen LogP contribution is -2.36. The smallest absolute Gasteiger partial charge is 0.302 e. The Morgan fingerprint density at radius 3 is 3.00 bits per heavy atom. The Hall–Kier alpha value is -0.570. The molecule has 3 heteroatoms. The molecule has 0 spiro atoms. The van der Waals surface area contributed by atoms with Crippen molar-refractivity contribution in [1.82, 2.24) is 5.32 Å². The van der Waals surface area contributed by atoms with Crippen LogP contribution in [0.25, 0.3) is 0 Å². The molecule has 1 rings (SSSR count). The molecule has 0 saturated carbocycles. The van der Waals surface area contributed by atoms with E-state index in [4.69, 9.17) is 4.74 Å². The lowest BCUT2D eigenvalue weighted by atomic mass is 10.1. The maximum Gasteiger partial charge on any atom is 0.302 e. The maximum absolute atomic E-state index is 10.5. The van der Waals surface area contributed by atoms with E-state index in [-0.39, 0.29) is 12.1 Å². The Labute approximate surface area is 60.7 Å². The third-order valence-electron chi connectivity index (χ3n) is 1.58. The summed E-state index contributed by atoms with van der Waals surface area (Å²) < 4.78 is 4.99. The Bertz CT molecular complexity index is 119. The van der Waals surface area contributed by atoms with Gasteiger partial charge in [0.1, 0.15) is 6.10 Å². The number of rotatable bonds is 1. The van der Waals surface area contributed by atoms with Gasteiger partial charge in [-0.15, -0.1) is 0 Å². The molecule has 1 heterocycles. The molecule has 58 valence electrons. The quantitative estimate of drug-likeness (QED) is 0.536. The molecule has 0 aromatic carbocycles. The highest BCUT2D eigenvalue weighted by Gasteiger charge is 2.14. The van der Waals surface area contributed by atoms with Crippen LogP contribution in [-0.2, 0) is 9.53 Å². The summed E-state index contributed by atoms with van der Waals surface area (Å²) in [6, 6.07) is 0. The second-order valence-electron chi connectivity index (χ2n) is 2.58. The summed E-state index contributed by atoms with van der Waals surface area (Å²) >= 11 is 0. The lowest BCUT2D eigenvalue weighted by molar-refractivity contribution is -0.146. The van der Waals surface area contributed by atoms with Gasteiger partial charge in [0, 0.05) is 13.5 Å². The van der Waals surface area contributed by atoms with Crippen LogP contribution < -0.4 is 5.32 Å². The predicted molar refractivity (Wildman–Crippen MR) is 37.7 cm³/mol. The number of hydrogen-bond donors (Lipinski definition) is 1. The summed E-state index contributed by atoms with van der Waals surface area (Å²) in [6.07, 6.45) is 2.23. The Morgan fingerprint density at radius 1 is 1.70 bits per heavy atom. The summed E-state index contributed by atoms with van der Waals surface area (Å²) in [4.78, 5) is 10.5. The van der Waals surface area contributed by atoms with Crippen molar-refractivity contribution in [2.24, 2.45) is 0 Å². The number of carbonyl (C=O) groups is 1. The standard InChI is InChI=1S/C7H13NO2/c1-6(9)10-7-3-2-4-8-5-7/h7-8H,2-5H2,1H3/t7-/m1/s1. The van der Waals surface area contributed by atoms with Gasteiger partial charge >= 0.3 is 5.97 Å². The average molecular weight is 143 g/mol. The Morgan fingerprint density at radius 2 is 2.50 bits per heavy atom. The summed E-state index contributed by atoms with van der Waals surface area (Å²) in [7, 11) is 0. The van der Waals surface area contributed by atoms with Gasteiger partial charge in [0.25, 0.3) is 0 Å². The number of esters is 1. The van der Waals surface area contributed by atoms with Gasteiger partial charge in [-0.2, -0.15) is 0 Å². The van der Waals surface area contributed by atoms with Crippen LogP contribution in [0.2, 0.25) is 0 Å². The molecular formula is C7H13NO2. The molecular weight excluding hydrogens is 130 g/mol. The minimum atomic E-state index is -0.172. The van der Waals surface area contributed by atoms with Crippen molar-refractivity contribution in [2.75, 3.05) is 13.1 Å². The first-order chi connectivity index (χ1) is 4.79. The fraction of sp³-hybridized carbons (Fsp3) is 0.857. The second kappa shape index (κ2) is 3.56. The van der Waals surface area contributed by atoms with Gasteiger partial charge in [0.05, 0.1) is 0 Å². The van der Waals surface area contributed by atoms with E-state index in [9.17, 15) is 4.79 Å². The molecule has 0 amide bonds. The molecule has 3 nitrogen and oxygen atoms in total. The van der Waals surface area contributed by atoms with Crippen molar-refractivity contribution in [3.8, 4) is 0 Å². The Kier molecular flexibility index (Phi) is 2.68. The van der Waals surface area contributed by atoms with E-state index in [1.54, 1.807) is 0 Å². The third-order valence-corrected chi connectivity index (χ3v) is 1.58. The van der Waals surface area contributed by atoms with E-state index in [0.29, 0.717) is 0 Å². The van der Waals surface area contributed by atoms with E-state index < -0.39 is 0 Å². The zero-order valence-corrected chi connectivity index (χ0v) is 6.22. The van der Waals surface area contributed by atoms with Gasteiger partial charge < -0.3 is 10.1 Å². The van der Waals surface area contributed by atoms with Crippen molar-refractivity contribution in [1.29, 1.82) is 0 Å². The maximum atomic E-state index is 10.5. The summed E-state index contributed by atoms with van der Waals surface area (Å²) in [5, 5.41) is 3.16. The first-order valence-corrected chi connectivity index (χ1v) is 3.67. The lowest BCUT2D eigenvalue weighted by Gasteiger charge is -2.21. The fourth-order valence-electron chi connectivity index (χ4n) is 1.16. The first kappa shape index (κ1) is 7.54. The SMILES string of the molecule is CC(=O)O[C@@H]1CCCNC1. The number of carbonyl (C=O) groups excluding carboxylic acids is 1. The van der Waals surface area contributed by atoms with Crippen LogP contribution in [0, 0.1) is 0 Å². The van der Waals surface area contributed by atoms with Crippen LogP contribution in [0.5, 0.6) is 0 Å². The minimum Gasteiger partial charge on any atom is -0.461 e. The molecule has 1 fully saturated rings. The summed E-state index contributed by atoms with van der Waals surface area (Å²) in [5.41, 5.74) is 0. The van der Waals surface area contributed by atoms with Crippen molar-refractivity contribution >= 4 is 5.97 Å². The molecule has 1 saturated heterocycles. The van der Waals surface area contributed by atoms with Crippen molar-refractivity contribution in [2.45, 2.75) is 25.9 Å². The topological polar surface area (TPSA) is 38.3 Å². The van der Waals surface area contributed by atoms with E-state index in [1.807, 2.05) is 0 Å². The van der Waals surface area contributed by atoms with Crippen molar-refractivity contribution in [3.05, 3.63) is 0 Å². The second-order valence-corrected chi connectivity index (χ2v) is 2.58. The highest BCUT2D eigenvalue weighted by Crippen LogP contribution is 2.05. The number of ether oxygens (including phenoxy) is 1. The molecule has 0 aromatic heterocycles. The van der Waals surface area contributed by atoms with Gasteiger partial charge in [0.15, 0.2) is 0 Å². The highest BCUT2D eigenvalue weighted by atomic mass is 16.5. The Balaban J connectivity index is 2.19. The molecule has 0 bridgehead atoms. The molecule has 0 aromatic rings. The van der Waals surface area contributed by atoms with E-state index in [0.717, 1.165) is 25.9 Å². The zero-order chi connectivity index (χ0) is 7.40. The van der Waals surface area contributed by atoms with Gasteiger partial charge in [-0.1, -0.05) is 0 Å². The van der Waals surface area contributed by atoms with Crippen LogP contribution in [0.4, 0.5) is 0 Å². The van der Waals surface area contributed by atoms with E-state index in [1.165, 1.54) is 6.92 Å². The normalized spacial score (nSPS) is 25.9. The third kappa shape index (κ3) is 2.35. The zero-order valence-electron chi connectivity index (χ0n) is 6.22. The number of hydrogen-bond acceptors (Lipinski definition) is 3. The van der Waals surface area contributed by atoms with Crippen LogP contribution in [0.15, 0.2) is 0 Å². The largest absolute Gasteiger partial charge is 0.461 e. The number of piperidine rings is 1. The fourth-order valence-corrected chi connectivity index (χ4v) is 1.16. The molecule has 1 N–H and O–H groups in total. The summed E-state index contributed by atoms with van der Waals surface area (Å²) in [5.74, 6) is -0.172. The predicted octanol–water partition coefficient (Wildman–Crippen LogP) is 0.301.